The van der Waals surface area contributed by atoms with Crippen LogP contribution < -0.4 is 10.1 Å². The summed E-state index contributed by atoms with van der Waals surface area (Å²) in [5.41, 5.74) is 0. The van der Waals surface area contributed by atoms with Gasteiger partial charge < -0.3 is 15.0 Å². The fourth-order valence-corrected chi connectivity index (χ4v) is 2.70. The smallest absolute Gasteiger partial charge is 0.403 e. The highest BCUT2D eigenvalue weighted by molar-refractivity contribution is 5.80. The van der Waals surface area contributed by atoms with Crippen molar-refractivity contribution in [3.05, 3.63) is 24.5 Å². The predicted octanol–water partition coefficient (Wildman–Crippen LogP) is 1.99. The van der Waals surface area contributed by atoms with Crippen LogP contribution in [0.2, 0.25) is 0 Å². The predicted molar refractivity (Wildman–Crippen MR) is 94.4 cm³/mol. The van der Waals surface area contributed by atoms with Crippen LogP contribution in [0.15, 0.2) is 29.5 Å². The number of nitrogens with one attached hydrogen (secondary N) is 1. The quantitative estimate of drug-likeness (QED) is 0.470. The summed E-state index contributed by atoms with van der Waals surface area (Å²) in [5.74, 6) is 1.39. The summed E-state index contributed by atoms with van der Waals surface area (Å²) < 4.78 is 44.1. The third kappa shape index (κ3) is 6.05. The maximum Gasteiger partial charge on any atom is 0.403 e. The van der Waals surface area contributed by atoms with Gasteiger partial charge in [-0.15, -0.1) is 0 Å². The monoisotopic (exact) mass is 373 g/mol. The van der Waals surface area contributed by atoms with Crippen LogP contribution >= 0.6 is 0 Å². The SMILES string of the molecule is CCNC(=NCCOc1cccnc1)N1CCN(C(C)C(F)(F)F)CC1. The molecule has 6 nitrogen and oxygen atoms in total. The maximum absolute atomic E-state index is 12.8. The molecule has 0 saturated carbocycles. The van der Waals surface area contributed by atoms with Gasteiger partial charge in [0, 0.05) is 38.9 Å². The molecule has 2 heterocycles. The van der Waals surface area contributed by atoms with E-state index < -0.39 is 12.2 Å². The van der Waals surface area contributed by atoms with Gasteiger partial charge in [-0.25, -0.2) is 4.99 Å². The van der Waals surface area contributed by atoms with Gasteiger partial charge in [-0.05, 0) is 26.0 Å². The lowest BCUT2D eigenvalue weighted by Gasteiger charge is -2.39. The summed E-state index contributed by atoms with van der Waals surface area (Å²) in [6, 6.07) is 2.20. The Bertz CT molecular complexity index is 559. The van der Waals surface area contributed by atoms with Crippen LogP contribution in [0, 0.1) is 0 Å². The summed E-state index contributed by atoms with van der Waals surface area (Å²) in [6.07, 6.45) is -0.881. The number of guanidine groups is 1. The first-order chi connectivity index (χ1) is 12.4. The summed E-state index contributed by atoms with van der Waals surface area (Å²) in [4.78, 5) is 11.9. The van der Waals surface area contributed by atoms with Crippen LogP contribution in [0.25, 0.3) is 0 Å². The number of halogens is 3. The molecular formula is C17H26F3N5O. The average molecular weight is 373 g/mol. The third-order valence-corrected chi connectivity index (χ3v) is 4.23. The van der Waals surface area contributed by atoms with Crippen molar-refractivity contribution in [2.75, 3.05) is 45.9 Å². The number of rotatable bonds is 6. The molecule has 0 aromatic carbocycles. The molecule has 1 saturated heterocycles. The van der Waals surface area contributed by atoms with E-state index in [1.54, 1.807) is 18.5 Å². The molecule has 2 rings (SSSR count). The fourth-order valence-electron chi connectivity index (χ4n) is 2.70. The molecule has 1 fully saturated rings. The zero-order chi connectivity index (χ0) is 19.0. The average Bonchev–Trinajstić information content (AvgIpc) is 2.64. The van der Waals surface area contributed by atoms with Crippen molar-refractivity contribution in [1.29, 1.82) is 0 Å². The molecule has 0 amide bonds. The molecule has 26 heavy (non-hydrogen) atoms. The Morgan fingerprint density at radius 2 is 2.08 bits per heavy atom. The van der Waals surface area contributed by atoms with E-state index in [-0.39, 0.29) is 0 Å². The fraction of sp³-hybridized carbons (Fsp3) is 0.647. The molecule has 1 unspecified atom stereocenters. The van der Waals surface area contributed by atoms with E-state index in [2.05, 4.69) is 15.3 Å². The first-order valence-corrected chi connectivity index (χ1v) is 8.78. The first-order valence-electron chi connectivity index (χ1n) is 8.78. The van der Waals surface area contributed by atoms with Gasteiger partial charge in [-0.1, -0.05) is 0 Å². The molecule has 1 aliphatic rings. The van der Waals surface area contributed by atoms with Crippen LogP contribution in [-0.2, 0) is 0 Å². The van der Waals surface area contributed by atoms with Crippen LogP contribution in [-0.4, -0.2) is 78.8 Å². The van der Waals surface area contributed by atoms with E-state index in [4.69, 9.17) is 4.74 Å². The Kier molecular flexibility index (Phi) is 7.50. The lowest BCUT2D eigenvalue weighted by atomic mass is 10.2. The normalized spacial score (nSPS) is 17.9. The number of alkyl halides is 3. The van der Waals surface area contributed by atoms with Crippen molar-refractivity contribution in [2.45, 2.75) is 26.1 Å². The van der Waals surface area contributed by atoms with Crippen LogP contribution in [0.4, 0.5) is 13.2 Å². The van der Waals surface area contributed by atoms with Crippen LogP contribution in [0.1, 0.15) is 13.8 Å². The Morgan fingerprint density at radius 3 is 2.65 bits per heavy atom. The molecule has 0 bridgehead atoms. The van der Waals surface area contributed by atoms with Crippen molar-refractivity contribution in [2.24, 2.45) is 4.99 Å². The van der Waals surface area contributed by atoms with Gasteiger partial charge in [0.15, 0.2) is 5.96 Å². The number of hydrogen-bond acceptors (Lipinski definition) is 4. The van der Waals surface area contributed by atoms with Gasteiger partial charge in [-0.3, -0.25) is 9.88 Å². The second kappa shape index (κ2) is 9.61. The Labute approximate surface area is 152 Å². The minimum absolute atomic E-state index is 0.358. The Morgan fingerprint density at radius 1 is 1.35 bits per heavy atom. The van der Waals surface area contributed by atoms with E-state index in [0.29, 0.717) is 57.6 Å². The van der Waals surface area contributed by atoms with Gasteiger partial charge >= 0.3 is 6.18 Å². The van der Waals surface area contributed by atoms with Crippen LogP contribution in [0.5, 0.6) is 5.75 Å². The molecular weight excluding hydrogens is 347 g/mol. The first kappa shape index (κ1) is 20.3. The van der Waals surface area contributed by atoms with Gasteiger partial charge in [0.1, 0.15) is 18.4 Å². The lowest BCUT2D eigenvalue weighted by molar-refractivity contribution is -0.181. The van der Waals surface area contributed by atoms with E-state index in [0.717, 1.165) is 0 Å². The summed E-state index contributed by atoms with van der Waals surface area (Å²) >= 11 is 0. The molecule has 1 N–H and O–H groups in total. The van der Waals surface area contributed by atoms with E-state index in [9.17, 15) is 13.2 Å². The molecule has 1 aromatic rings. The number of ether oxygens (including phenoxy) is 1. The zero-order valence-corrected chi connectivity index (χ0v) is 15.2. The van der Waals surface area contributed by atoms with Gasteiger partial charge in [0.05, 0.1) is 12.7 Å². The zero-order valence-electron chi connectivity index (χ0n) is 15.2. The highest BCUT2D eigenvalue weighted by Gasteiger charge is 2.41. The largest absolute Gasteiger partial charge is 0.490 e. The number of piperazine rings is 1. The number of aromatic nitrogens is 1. The molecule has 0 aliphatic carbocycles. The molecule has 9 heteroatoms. The molecule has 0 spiro atoms. The third-order valence-electron chi connectivity index (χ3n) is 4.23. The Hall–Kier alpha value is -2.03. The highest BCUT2D eigenvalue weighted by Crippen LogP contribution is 2.25. The Balaban J connectivity index is 1.83. The number of pyridine rings is 1. The van der Waals surface area contributed by atoms with Crippen molar-refractivity contribution in [3.8, 4) is 5.75 Å². The highest BCUT2D eigenvalue weighted by atomic mass is 19.4. The summed E-state index contributed by atoms with van der Waals surface area (Å²) in [7, 11) is 0. The topological polar surface area (TPSA) is 53.0 Å². The number of aliphatic imine (C=N–C) groups is 1. The van der Waals surface area contributed by atoms with Crippen molar-refractivity contribution in [3.63, 3.8) is 0 Å². The van der Waals surface area contributed by atoms with E-state index >= 15 is 0 Å². The molecule has 0 radical (unpaired) electrons. The molecule has 1 aromatic heterocycles. The standard InChI is InChI=1S/C17H26F3N5O/c1-3-22-16(23-7-12-26-15-5-4-6-21-13-15)25-10-8-24(9-11-25)14(2)17(18,19)20/h4-6,13-14H,3,7-12H2,1-2H3,(H,22,23). The minimum atomic E-state index is -4.19. The number of hydrogen-bond donors (Lipinski definition) is 1. The minimum Gasteiger partial charge on any atom is -0.490 e. The summed E-state index contributed by atoms with van der Waals surface area (Å²) in [5, 5.41) is 3.19. The van der Waals surface area contributed by atoms with Crippen molar-refractivity contribution < 1.29 is 17.9 Å². The van der Waals surface area contributed by atoms with Crippen molar-refractivity contribution >= 4 is 5.96 Å². The van der Waals surface area contributed by atoms with E-state index in [1.807, 2.05) is 17.9 Å². The molecule has 1 aliphatic heterocycles. The van der Waals surface area contributed by atoms with Crippen molar-refractivity contribution in [1.82, 2.24) is 20.1 Å². The van der Waals surface area contributed by atoms with Gasteiger partial charge in [-0.2, -0.15) is 13.2 Å². The lowest BCUT2D eigenvalue weighted by Crippen LogP contribution is -2.56. The van der Waals surface area contributed by atoms with E-state index in [1.165, 1.54) is 11.8 Å². The second-order valence-corrected chi connectivity index (χ2v) is 6.01. The van der Waals surface area contributed by atoms with Gasteiger partial charge in [0.2, 0.25) is 0 Å². The molecule has 146 valence electrons. The summed E-state index contributed by atoms with van der Waals surface area (Å²) in [6.45, 7) is 6.47. The maximum atomic E-state index is 12.8. The number of nitrogens with zero attached hydrogens (tertiary/aromatic N) is 4. The molecule has 1 atom stereocenters. The second-order valence-electron chi connectivity index (χ2n) is 6.01. The van der Waals surface area contributed by atoms with Gasteiger partial charge in [0.25, 0.3) is 0 Å². The van der Waals surface area contributed by atoms with Crippen LogP contribution in [0.3, 0.4) is 0 Å².